The van der Waals surface area contributed by atoms with E-state index >= 15 is 0 Å². The van der Waals surface area contributed by atoms with E-state index < -0.39 is 11.7 Å². The van der Waals surface area contributed by atoms with E-state index in [0.717, 1.165) is 37.0 Å². The van der Waals surface area contributed by atoms with Gasteiger partial charge in [-0.1, -0.05) is 23.2 Å². The number of halogens is 3. The van der Waals surface area contributed by atoms with Crippen LogP contribution in [0.25, 0.3) is 11.3 Å². The molecule has 0 atom stereocenters. The van der Waals surface area contributed by atoms with Crippen LogP contribution in [0.5, 0.6) is 5.75 Å². The molecule has 11 nitrogen and oxygen atoms in total. The second-order valence-corrected chi connectivity index (χ2v) is 12.9. The molecule has 2 saturated heterocycles. The van der Waals surface area contributed by atoms with E-state index in [4.69, 9.17) is 33.7 Å². The number of benzene rings is 2. The lowest BCUT2D eigenvalue weighted by Crippen LogP contribution is -2.56. The maximum Gasteiger partial charge on any atom is 0.291 e. The molecule has 246 valence electrons. The molecule has 0 radical (unpaired) electrons. The predicted octanol–water partition coefficient (Wildman–Crippen LogP) is 3.89. The van der Waals surface area contributed by atoms with Crippen LogP contribution in [0.15, 0.2) is 36.5 Å². The van der Waals surface area contributed by atoms with Crippen LogP contribution in [0, 0.1) is 11.7 Å². The Bertz CT molecular complexity index is 1630. The summed E-state index contributed by atoms with van der Waals surface area (Å²) in [5.74, 6) is -1.23. The number of anilines is 1. The number of rotatable bonds is 8. The Morgan fingerprint density at radius 3 is 2.39 bits per heavy atom. The maximum absolute atomic E-state index is 14.5. The van der Waals surface area contributed by atoms with E-state index in [1.807, 2.05) is 4.90 Å². The molecular formula is C32H39Cl2FN7O4+. The van der Waals surface area contributed by atoms with Gasteiger partial charge in [-0.2, -0.15) is 0 Å². The minimum absolute atomic E-state index is 0.00552. The molecule has 0 saturated carbocycles. The Kier molecular flexibility index (Phi) is 10.2. The van der Waals surface area contributed by atoms with Gasteiger partial charge >= 0.3 is 0 Å². The summed E-state index contributed by atoms with van der Waals surface area (Å²) in [6, 6.07) is 7.71. The van der Waals surface area contributed by atoms with Gasteiger partial charge in [0, 0.05) is 69.8 Å². The van der Waals surface area contributed by atoms with Crippen molar-refractivity contribution < 1.29 is 28.0 Å². The summed E-state index contributed by atoms with van der Waals surface area (Å²) in [5, 5.41) is 2.78. The van der Waals surface area contributed by atoms with Gasteiger partial charge in [0.15, 0.2) is 17.4 Å². The van der Waals surface area contributed by atoms with Crippen molar-refractivity contribution in [2.24, 2.45) is 18.7 Å². The van der Waals surface area contributed by atoms with E-state index in [9.17, 15) is 18.8 Å². The Morgan fingerprint density at radius 2 is 1.76 bits per heavy atom. The van der Waals surface area contributed by atoms with Crippen molar-refractivity contribution in [3.05, 3.63) is 63.8 Å². The monoisotopic (exact) mass is 674 g/mol. The van der Waals surface area contributed by atoms with Crippen LogP contribution < -0.4 is 15.8 Å². The first-order valence-electron chi connectivity index (χ1n) is 15.2. The van der Waals surface area contributed by atoms with Gasteiger partial charge in [-0.15, -0.1) is 0 Å². The van der Waals surface area contributed by atoms with Gasteiger partial charge < -0.3 is 34.6 Å². The average Bonchev–Trinajstić information content (AvgIpc) is 3.43. The highest BCUT2D eigenvalue weighted by Crippen LogP contribution is 2.35. The number of carbonyl (C=O) groups is 3. The quantitative estimate of drug-likeness (QED) is 0.350. The number of nitrogens with two attached hydrogens (primary N) is 1. The molecule has 46 heavy (non-hydrogen) atoms. The lowest BCUT2D eigenvalue weighted by molar-refractivity contribution is -0.913. The van der Waals surface area contributed by atoms with Crippen molar-refractivity contribution in [1.29, 1.82) is 0 Å². The topological polar surface area (TPSA) is 123 Å². The number of nitrogens with zero attached hydrogens (tertiary/aromatic N) is 5. The number of methoxy groups -OCH3 is 1. The van der Waals surface area contributed by atoms with Gasteiger partial charge in [0.1, 0.15) is 0 Å². The van der Waals surface area contributed by atoms with Crippen LogP contribution >= 0.6 is 23.2 Å². The van der Waals surface area contributed by atoms with Gasteiger partial charge in [-0.3, -0.25) is 14.4 Å². The van der Waals surface area contributed by atoms with Crippen LogP contribution in [-0.2, 0) is 11.8 Å². The molecule has 14 heteroatoms. The molecule has 2 fully saturated rings. The Morgan fingerprint density at radius 1 is 1.09 bits per heavy atom. The molecule has 0 aliphatic carbocycles. The van der Waals surface area contributed by atoms with Crippen molar-refractivity contribution in [2.75, 3.05) is 71.8 Å². The van der Waals surface area contributed by atoms with E-state index in [1.165, 1.54) is 30.0 Å². The molecular weight excluding hydrogens is 636 g/mol. The molecule has 3 N–H and O–H groups in total. The summed E-state index contributed by atoms with van der Waals surface area (Å²) in [6.07, 6.45) is 3.13. The fraction of sp³-hybridized carbons (Fsp3) is 0.438. The molecule has 2 aliphatic heterocycles. The number of piperazine rings is 1. The summed E-state index contributed by atoms with van der Waals surface area (Å²) in [7, 11) is 5.16. The van der Waals surface area contributed by atoms with Crippen molar-refractivity contribution in [2.45, 2.75) is 12.8 Å². The minimum atomic E-state index is -0.709. The molecule has 0 unspecified atom stereocenters. The number of piperidine rings is 1. The highest BCUT2D eigenvalue weighted by molar-refractivity contribution is 6.34. The van der Waals surface area contributed by atoms with Crippen LogP contribution in [0.3, 0.4) is 0 Å². The number of imidazole rings is 1. The third-order valence-corrected chi connectivity index (χ3v) is 9.81. The largest absolute Gasteiger partial charge is 0.494 e. The van der Waals surface area contributed by atoms with Gasteiger partial charge in [0.05, 0.1) is 61.3 Å². The van der Waals surface area contributed by atoms with E-state index in [-0.39, 0.29) is 39.4 Å². The van der Waals surface area contributed by atoms with Crippen molar-refractivity contribution in [3.63, 3.8) is 0 Å². The number of quaternary nitrogens is 1. The second kappa shape index (κ2) is 14.0. The van der Waals surface area contributed by atoms with Gasteiger partial charge in [-0.05, 0) is 30.3 Å². The number of nitrogens with one attached hydrogen (secondary N) is 1. The van der Waals surface area contributed by atoms with Gasteiger partial charge in [-0.25, -0.2) is 9.37 Å². The average molecular weight is 676 g/mol. The molecule has 0 bridgehead atoms. The second-order valence-electron chi connectivity index (χ2n) is 12.1. The zero-order valence-electron chi connectivity index (χ0n) is 26.2. The van der Waals surface area contributed by atoms with Crippen molar-refractivity contribution in [3.8, 4) is 17.0 Å². The molecule has 2 aliphatic rings. The number of likely N-dealkylation sites (tertiary alicyclic amines) is 1. The standard InChI is InChI=1S/C32H38Cl2FN7O4/c1-39-25(23-6-7-26(46-3)28(35)27(23)34)19-37-29(39)30(43)38-21-4-5-22(24(33)18-21)32(45)41-13-11-40(12-14-41)31(44)20-8-15-42(2,16-9-20)17-10-36/h4-7,18-20H,8-17,36H2,1-3H3/p+1. The normalized spacial score (nSPS) is 20.0. The fourth-order valence-electron chi connectivity index (χ4n) is 6.24. The van der Waals surface area contributed by atoms with Gasteiger partial charge in [0.2, 0.25) is 5.91 Å². The van der Waals surface area contributed by atoms with Crippen molar-refractivity contribution >= 4 is 46.6 Å². The van der Waals surface area contributed by atoms with E-state index in [2.05, 4.69) is 17.3 Å². The lowest BCUT2D eigenvalue weighted by Gasteiger charge is -2.42. The van der Waals surface area contributed by atoms with Crippen LogP contribution in [0.4, 0.5) is 10.1 Å². The SMILES string of the molecule is COc1ccc(-c2cnc(C(=O)Nc3ccc(C(=O)N4CCN(C(=O)C5CC[N+](C)(CCN)CC5)CC4)c(Cl)c3)n2C)c(Cl)c1F. The first-order valence-corrected chi connectivity index (χ1v) is 16.0. The molecule has 2 aromatic carbocycles. The number of ether oxygens (including phenoxy) is 1. The van der Waals surface area contributed by atoms with Crippen LogP contribution in [0.1, 0.15) is 33.8 Å². The summed E-state index contributed by atoms with van der Waals surface area (Å²) in [6.45, 7) is 5.24. The number of hydrogen-bond acceptors (Lipinski definition) is 6. The molecule has 3 amide bonds. The number of amides is 3. The smallest absolute Gasteiger partial charge is 0.291 e. The molecule has 0 spiro atoms. The highest BCUT2D eigenvalue weighted by atomic mass is 35.5. The number of hydrogen-bond donors (Lipinski definition) is 2. The Hall–Kier alpha value is -3.71. The fourth-order valence-corrected chi connectivity index (χ4v) is 6.76. The number of likely N-dealkylation sites (N-methyl/N-ethyl adjacent to an activating group) is 1. The first kappa shape index (κ1) is 33.6. The summed E-state index contributed by atoms with van der Waals surface area (Å²) < 4.78 is 21.9. The third-order valence-electron chi connectivity index (χ3n) is 9.12. The number of aromatic nitrogens is 2. The van der Waals surface area contributed by atoms with E-state index in [0.29, 0.717) is 55.2 Å². The summed E-state index contributed by atoms with van der Waals surface area (Å²) >= 11 is 12.7. The predicted molar refractivity (Wildman–Crippen MR) is 175 cm³/mol. The summed E-state index contributed by atoms with van der Waals surface area (Å²) in [5.41, 5.74) is 7.22. The third kappa shape index (κ3) is 6.85. The van der Waals surface area contributed by atoms with Crippen molar-refractivity contribution in [1.82, 2.24) is 19.4 Å². The molecule has 5 rings (SSSR count). The minimum Gasteiger partial charge on any atom is -0.494 e. The maximum atomic E-state index is 14.5. The Labute approximate surface area is 277 Å². The number of carbonyl (C=O) groups excluding carboxylic acids is 3. The highest BCUT2D eigenvalue weighted by Gasteiger charge is 2.36. The van der Waals surface area contributed by atoms with Crippen LogP contribution in [-0.4, -0.2) is 108 Å². The summed E-state index contributed by atoms with van der Waals surface area (Å²) in [4.78, 5) is 47.4. The Balaban J connectivity index is 1.18. The molecule has 3 heterocycles. The zero-order chi connectivity index (χ0) is 33.2. The molecule has 1 aromatic heterocycles. The zero-order valence-corrected chi connectivity index (χ0v) is 27.7. The molecule has 3 aromatic rings. The van der Waals surface area contributed by atoms with Gasteiger partial charge in [0.25, 0.3) is 11.8 Å². The lowest BCUT2D eigenvalue weighted by atomic mass is 9.93. The first-order chi connectivity index (χ1) is 22.0. The van der Waals surface area contributed by atoms with E-state index in [1.54, 1.807) is 30.1 Å². The van der Waals surface area contributed by atoms with Crippen LogP contribution in [0.2, 0.25) is 10.0 Å².